The predicted molar refractivity (Wildman–Crippen MR) is 77.0 cm³/mol. The Balaban J connectivity index is 2.02. The van der Waals surface area contributed by atoms with E-state index in [9.17, 15) is 18.4 Å². The van der Waals surface area contributed by atoms with Gasteiger partial charge in [-0.15, -0.1) is 0 Å². The lowest BCUT2D eigenvalue weighted by atomic mass is 10.1. The molecule has 0 saturated carbocycles. The molecular weight excluding hydrogens is 312 g/mol. The van der Waals surface area contributed by atoms with Crippen molar-refractivity contribution in [2.75, 3.05) is 5.75 Å². The standard InChI is InChI=1S/C15H11F2NO3S/c16-10-3-4-13(17)9(6-10)7-11(19)8-22-14-12(15(20)21)2-1-5-18-14/h1-6H,7-8H2,(H,20,21). The van der Waals surface area contributed by atoms with Crippen molar-refractivity contribution < 1.29 is 23.5 Å². The zero-order chi connectivity index (χ0) is 16.1. The monoisotopic (exact) mass is 323 g/mol. The van der Waals surface area contributed by atoms with Crippen molar-refractivity contribution in [3.8, 4) is 0 Å². The molecule has 0 aliphatic carbocycles. The van der Waals surface area contributed by atoms with Crippen LogP contribution >= 0.6 is 11.8 Å². The fourth-order valence-electron chi connectivity index (χ4n) is 1.76. The number of carbonyl (C=O) groups excluding carboxylic acids is 1. The number of hydrogen-bond acceptors (Lipinski definition) is 4. The summed E-state index contributed by atoms with van der Waals surface area (Å²) >= 11 is 0.955. The maximum Gasteiger partial charge on any atom is 0.338 e. The van der Waals surface area contributed by atoms with Crippen LogP contribution in [0, 0.1) is 11.6 Å². The molecule has 1 aromatic heterocycles. The number of pyridine rings is 1. The first kappa shape index (κ1) is 16.1. The average Bonchev–Trinajstić information content (AvgIpc) is 2.49. The van der Waals surface area contributed by atoms with Gasteiger partial charge in [0.05, 0.1) is 11.3 Å². The van der Waals surface area contributed by atoms with Gasteiger partial charge in [0.1, 0.15) is 22.4 Å². The van der Waals surface area contributed by atoms with Crippen LogP contribution in [0.1, 0.15) is 15.9 Å². The lowest BCUT2D eigenvalue weighted by Crippen LogP contribution is -2.09. The molecule has 0 aliphatic heterocycles. The Bertz CT molecular complexity index is 722. The summed E-state index contributed by atoms with van der Waals surface area (Å²) in [5.74, 6) is -2.83. The minimum absolute atomic E-state index is 0.00256. The fraction of sp³-hybridized carbons (Fsp3) is 0.133. The third-order valence-electron chi connectivity index (χ3n) is 2.77. The number of aromatic carboxylic acids is 1. The summed E-state index contributed by atoms with van der Waals surface area (Å²) in [5, 5.41) is 9.21. The smallest absolute Gasteiger partial charge is 0.338 e. The number of Topliss-reactive ketones (excluding diaryl/α,β-unsaturated/α-hetero) is 1. The Morgan fingerprint density at radius 3 is 2.73 bits per heavy atom. The van der Waals surface area contributed by atoms with Crippen LogP contribution in [0.2, 0.25) is 0 Å². The van der Waals surface area contributed by atoms with Gasteiger partial charge in [-0.2, -0.15) is 0 Å². The summed E-state index contributed by atoms with van der Waals surface area (Å²) < 4.78 is 26.5. The minimum atomic E-state index is -1.14. The highest BCUT2D eigenvalue weighted by Crippen LogP contribution is 2.21. The molecule has 4 nitrogen and oxygen atoms in total. The van der Waals surface area contributed by atoms with E-state index in [4.69, 9.17) is 5.11 Å². The maximum absolute atomic E-state index is 13.4. The molecular formula is C15H11F2NO3S. The topological polar surface area (TPSA) is 67.3 Å². The van der Waals surface area contributed by atoms with E-state index < -0.39 is 17.6 Å². The molecule has 0 atom stereocenters. The Hall–Kier alpha value is -2.28. The zero-order valence-electron chi connectivity index (χ0n) is 11.3. The van der Waals surface area contributed by atoms with Crippen molar-refractivity contribution in [3.05, 3.63) is 59.3 Å². The van der Waals surface area contributed by atoms with Gasteiger partial charge in [0.15, 0.2) is 0 Å². The Labute approximate surface area is 129 Å². The van der Waals surface area contributed by atoms with E-state index in [1.165, 1.54) is 18.3 Å². The highest BCUT2D eigenvalue weighted by molar-refractivity contribution is 8.00. The van der Waals surface area contributed by atoms with Crippen LogP contribution in [0.25, 0.3) is 0 Å². The maximum atomic E-state index is 13.4. The molecule has 0 fully saturated rings. The molecule has 0 saturated heterocycles. The number of carbonyl (C=O) groups is 2. The van der Waals surface area contributed by atoms with Gasteiger partial charge in [-0.05, 0) is 35.9 Å². The van der Waals surface area contributed by atoms with Crippen molar-refractivity contribution in [2.45, 2.75) is 11.4 Å². The van der Waals surface area contributed by atoms with Crippen LogP contribution in [0.15, 0.2) is 41.6 Å². The molecule has 0 radical (unpaired) electrons. The van der Waals surface area contributed by atoms with Crippen molar-refractivity contribution >= 4 is 23.5 Å². The van der Waals surface area contributed by atoms with Crippen LogP contribution in [-0.2, 0) is 11.2 Å². The summed E-state index contributed by atoms with van der Waals surface area (Å²) in [4.78, 5) is 26.8. The molecule has 0 spiro atoms. The summed E-state index contributed by atoms with van der Waals surface area (Å²) in [5.41, 5.74) is -0.0256. The van der Waals surface area contributed by atoms with E-state index in [0.29, 0.717) is 0 Å². The van der Waals surface area contributed by atoms with E-state index in [1.807, 2.05) is 0 Å². The molecule has 0 aliphatic rings. The second kappa shape index (κ2) is 7.13. The average molecular weight is 323 g/mol. The Morgan fingerprint density at radius 1 is 1.23 bits per heavy atom. The number of aromatic nitrogens is 1. The van der Waals surface area contributed by atoms with Gasteiger partial charge < -0.3 is 5.11 Å². The Morgan fingerprint density at radius 2 is 2.00 bits per heavy atom. The number of ketones is 1. The second-order valence-corrected chi connectivity index (χ2v) is 5.37. The molecule has 2 aromatic rings. The molecule has 2 rings (SSSR count). The molecule has 22 heavy (non-hydrogen) atoms. The van der Waals surface area contributed by atoms with Gasteiger partial charge in [0.2, 0.25) is 0 Å². The number of carboxylic acid groups (broad SMARTS) is 1. The van der Waals surface area contributed by atoms with E-state index in [1.54, 1.807) is 0 Å². The zero-order valence-corrected chi connectivity index (χ0v) is 12.1. The van der Waals surface area contributed by atoms with Gasteiger partial charge in [-0.25, -0.2) is 18.6 Å². The lowest BCUT2D eigenvalue weighted by molar-refractivity contribution is -0.116. The van der Waals surface area contributed by atoms with Crippen molar-refractivity contribution in [1.29, 1.82) is 0 Å². The normalized spacial score (nSPS) is 10.5. The van der Waals surface area contributed by atoms with Crippen LogP contribution in [0.3, 0.4) is 0 Å². The molecule has 7 heteroatoms. The Kier molecular flexibility index (Phi) is 5.21. The number of rotatable bonds is 6. The van der Waals surface area contributed by atoms with Gasteiger partial charge in [0.25, 0.3) is 0 Å². The van der Waals surface area contributed by atoms with E-state index in [0.717, 1.165) is 30.0 Å². The molecule has 0 unspecified atom stereocenters. The van der Waals surface area contributed by atoms with Gasteiger partial charge >= 0.3 is 5.97 Å². The quantitative estimate of drug-likeness (QED) is 0.828. The minimum Gasteiger partial charge on any atom is -0.478 e. The van der Waals surface area contributed by atoms with Crippen LogP contribution in [-0.4, -0.2) is 27.6 Å². The summed E-state index contributed by atoms with van der Waals surface area (Å²) in [6.45, 7) is 0. The first-order valence-electron chi connectivity index (χ1n) is 6.24. The number of carboxylic acids is 1. The van der Waals surface area contributed by atoms with Gasteiger partial charge in [0, 0.05) is 12.6 Å². The summed E-state index contributed by atoms with van der Waals surface area (Å²) in [7, 11) is 0. The third-order valence-corrected chi connectivity index (χ3v) is 3.83. The number of hydrogen-bond donors (Lipinski definition) is 1. The van der Waals surface area contributed by atoms with E-state index in [-0.39, 0.29) is 34.1 Å². The first-order valence-corrected chi connectivity index (χ1v) is 7.22. The van der Waals surface area contributed by atoms with Crippen molar-refractivity contribution in [3.63, 3.8) is 0 Å². The van der Waals surface area contributed by atoms with Crippen LogP contribution < -0.4 is 0 Å². The summed E-state index contributed by atoms with van der Waals surface area (Å²) in [6.07, 6.45) is 1.16. The third kappa shape index (κ3) is 4.11. The largest absolute Gasteiger partial charge is 0.478 e. The van der Waals surface area contributed by atoms with E-state index >= 15 is 0 Å². The van der Waals surface area contributed by atoms with Crippen LogP contribution in [0.5, 0.6) is 0 Å². The molecule has 1 N–H and O–H groups in total. The van der Waals surface area contributed by atoms with Gasteiger partial charge in [-0.3, -0.25) is 4.79 Å². The van der Waals surface area contributed by atoms with Crippen LogP contribution in [0.4, 0.5) is 8.78 Å². The molecule has 114 valence electrons. The van der Waals surface area contributed by atoms with Crippen molar-refractivity contribution in [2.24, 2.45) is 0 Å². The van der Waals surface area contributed by atoms with Crippen molar-refractivity contribution in [1.82, 2.24) is 4.98 Å². The number of thioether (sulfide) groups is 1. The SMILES string of the molecule is O=C(CSc1ncccc1C(=O)O)Cc1cc(F)ccc1F. The molecule has 1 heterocycles. The van der Waals surface area contributed by atoms with E-state index in [2.05, 4.69) is 4.98 Å². The lowest BCUT2D eigenvalue weighted by Gasteiger charge is -2.05. The van der Waals surface area contributed by atoms with Gasteiger partial charge in [-0.1, -0.05) is 11.8 Å². The molecule has 1 aromatic carbocycles. The predicted octanol–water partition coefficient (Wildman–Crippen LogP) is 2.96. The highest BCUT2D eigenvalue weighted by Gasteiger charge is 2.14. The number of nitrogens with zero attached hydrogens (tertiary/aromatic N) is 1. The number of halogens is 2. The molecule has 0 bridgehead atoms. The summed E-state index contributed by atoms with van der Waals surface area (Å²) in [6, 6.07) is 5.78. The second-order valence-electron chi connectivity index (χ2n) is 4.40. The molecule has 0 amide bonds. The number of benzene rings is 1. The first-order chi connectivity index (χ1) is 10.5. The highest BCUT2D eigenvalue weighted by atomic mass is 32.2. The fourth-order valence-corrected chi connectivity index (χ4v) is 2.61.